The Labute approximate surface area is 120 Å². The number of nitrogens with two attached hydrogens (primary N) is 1. The van der Waals surface area contributed by atoms with Crippen LogP contribution in [-0.2, 0) is 18.4 Å². The molecule has 2 rings (SSSR count). The fraction of sp³-hybridized carbons (Fsp3) is 0.231. The van der Waals surface area contributed by atoms with E-state index < -0.39 is 11.8 Å². The average Bonchev–Trinajstić information content (AvgIpc) is 2.61. The number of anilines is 1. The maximum absolute atomic E-state index is 12.9. The van der Waals surface area contributed by atoms with Gasteiger partial charge in [0.15, 0.2) is 0 Å². The molecule has 1 heterocycles. The lowest BCUT2D eigenvalue weighted by Gasteiger charge is -2.07. The number of hydrogen-bond donors (Lipinski definition) is 1. The van der Waals surface area contributed by atoms with Crippen molar-refractivity contribution in [1.82, 2.24) is 9.78 Å². The van der Waals surface area contributed by atoms with Gasteiger partial charge in [-0.15, -0.1) is 0 Å². The maximum atomic E-state index is 12.9. The molecule has 0 saturated carbocycles. The van der Waals surface area contributed by atoms with Gasteiger partial charge in [0.05, 0.1) is 22.0 Å². The van der Waals surface area contributed by atoms with Crippen molar-refractivity contribution in [2.24, 2.45) is 7.05 Å². The number of aryl methyl sites for hydroxylation is 2. The molecule has 0 aliphatic rings. The Morgan fingerprint density at radius 3 is 2.80 bits per heavy atom. The average molecular weight is 298 g/mol. The third-order valence-corrected chi connectivity index (χ3v) is 3.33. The molecule has 0 radical (unpaired) electrons. The van der Waals surface area contributed by atoms with Gasteiger partial charge in [0.25, 0.3) is 0 Å². The van der Waals surface area contributed by atoms with Crippen molar-refractivity contribution in [1.29, 1.82) is 0 Å². The summed E-state index contributed by atoms with van der Waals surface area (Å²) in [5.41, 5.74) is 6.95. The molecule has 0 atom stereocenters. The van der Waals surface area contributed by atoms with E-state index in [9.17, 15) is 9.18 Å². The van der Waals surface area contributed by atoms with Crippen LogP contribution in [0.2, 0.25) is 5.02 Å². The quantitative estimate of drug-likeness (QED) is 0.698. The van der Waals surface area contributed by atoms with Crippen LogP contribution in [0.25, 0.3) is 0 Å². The van der Waals surface area contributed by atoms with Gasteiger partial charge in [-0.2, -0.15) is 5.10 Å². The lowest BCUT2D eigenvalue weighted by atomic mass is 10.2. The molecule has 0 saturated heterocycles. The molecular formula is C13H13ClFN3O2. The molecule has 5 nitrogen and oxygen atoms in total. The topological polar surface area (TPSA) is 70.1 Å². The lowest BCUT2D eigenvalue weighted by Crippen LogP contribution is -2.10. The summed E-state index contributed by atoms with van der Waals surface area (Å²) < 4.78 is 19.6. The number of carbonyl (C=O) groups is 1. The minimum absolute atomic E-state index is 0.0299. The van der Waals surface area contributed by atoms with Crippen LogP contribution in [0, 0.1) is 12.7 Å². The number of benzene rings is 1. The fourth-order valence-corrected chi connectivity index (χ4v) is 1.98. The predicted octanol–water partition coefficient (Wildman–Crippen LogP) is 2.46. The highest BCUT2D eigenvalue weighted by Gasteiger charge is 2.16. The molecule has 0 spiro atoms. The minimum atomic E-state index is -0.641. The monoisotopic (exact) mass is 297 g/mol. The Bertz CT molecular complexity index is 670. The summed E-state index contributed by atoms with van der Waals surface area (Å²) in [4.78, 5) is 11.9. The van der Waals surface area contributed by atoms with Crippen molar-refractivity contribution in [3.05, 3.63) is 46.0 Å². The first-order chi connectivity index (χ1) is 9.40. The minimum Gasteiger partial charge on any atom is -0.455 e. The van der Waals surface area contributed by atoms with Crippen LogP contribution >= 0.6 is 11.6 Å². The van der Waals surface area contributed by atoms with Crippen LogP contribution in [0.3, 0.4) is 0 Å². The van der Waals surface area contributed by atoms with Crippen LogP contribution in [0.5, 0.6) is 0 Å². The van der Waals surface area contributed by atoms with Gasteiger partial charge in [-0.05, 0) is 25.1 Å². The van der Waals surface area contributed by atoms with E-state index in [-0.39, 0.29) is 17.9 Å². The molecule has 0 aliphatic carbocycles. The molecule has 0 unspecified atom stereocenters. The summed E-state index contributed by atoms with van der Waals surface area (Å²) >= 11 is 6.05. The Morgan fingerprint density at radius 1 is 1.55 bits per heavy atom. The van der Waals surface area contributed by atoms with Gasteiger partial charge in [-0.25, -0.2) is 9.18 Å². The molecule has 0 bridgehead atoms. The summed E-state index contributed by atoms with van der Waals surface area (Å²) in [5.74, 6) is -1.15. The predicted molar refractivity (Wildman–Crippen MR) is 72.9 cm³/mol. The molecular weight excluding hydrogens is 285 g/mol. The van der Waals surface area contributed by atoms with Crippen molar-refractivity contribution >= 4 is 23.3 Å². The van der Waals surface area contributed by atoms with Crippen LogP contribution in [-0.4, -0.2) is 15.7 Å². The second-order valence-electron chi connectivity index (χ2n) is 4.28. The maximum Gasteiger partial charge on any atom is 0.340 e. The van der Waals surface area contributed by atoms with E-state index >= 15 is 0 Å². The number of nitrogens with zero attached hydrogens (tertiary/aromatic N) is 2. The number of rotatable bonds is 3. The number of halogens is 2. The van der Waals surface area contributed by atoms with Gasteiger partial charge in [-0.1, -0.05) is 11.6 Å². The van der Waals surface area contributed by atoms with Gasteiger partial charge in [0.2, 0.25) is 0 Å². The van der Waals surface area contributed by atoms with Crippen LogP contribution in [0.1, 0.15) is 21.7 Å². The first kappa shape index (κ1) is 14.3. The highest BCUT2D eigenvalue weighted by molar-refractivity contribution is 6.31. The molecule has 106 valence electrons. The van der Waals surface area contributed by atoms with E-state index in [0.717, 1.165) is 12.1 Å². The summed E-state index contributed by atoms with van der Waals surface area (Å²) in [7, 11) is 1.70. The highest BCUT2D eigenvalue weighted by Crippen LogP contribution is 2.21. The van der Waals surface area contributed by atoms with Gasteiger partial charge in [0.1, 0.15) is 12.4 Å². The SMILES string of the molecule is Cc1nn(C)c(COC(=O)c2ccc(F)cc2N)c1Cl. The molecule has 0 fully saturated rings. The Morgan fingerprint density at radius 2 is 2.25 bits per heavy atom. The summed E-state index contributed by atoms with van der Waals surface area (Å²) in [6.07, 6.45) is 0. The Kier molecular flexibility index (Phi) is 3.94. The molecule has 0 amide bonds. The molecule has 20 heavy (non-hydrogen) atoms. The smallest absolute Gasteiger partial charge is 0.340 e. The number of carbonyl (C=O) groups excluding carboxylic acids is 1. The molecule has 1 aromatic heterocycles. The zero-order valence-electron chi connectivity index (χ0n) is 11.0. The molecule has 7 heteroatoms. The number of ether oxygens (including phenoxy) is 1. The van der Waals surface area contributed by atoms with Crippen molar-refractivity contribution < 1.29 is 13.9 Å². The first-order valence-electron chi connectivity index (χ1n) is 5.80. The lowest BCUT2D eigenvalue weighted by molar-refractivity contribution is 0.0465. The second-order valence-corrected chi connectivity index (χ2v) is 4.66. The van der Waals surface area contributed by atoms with Gasteiger partial charge in [0, 0.05) is 12.7 Å². The zero-order chi connectivity index (χ0) is 14.9. The van der Waals surface area contributed by atoms with E-state index in [0.29, 0.717) is 16.4 Å². The van der Waals surface area contributed by atoms with Crippen LogP contribution in [0.15, 0.2) is 18.2 Å². The van der Waals surface area contributed by atoms with E-state index in [2.05, 4.69) is 5.10 Å². The highest BCUT2D eigenvalue weighted by atomic mass is 35.5. The Hall–Kier alpha value is -2.08. The van der Waals surface area contributed by atoms with Crippen LogP contribution in [0.4, 0.5) is 10.1 Å². The zero-order valence-corrected chi connectivity index (χ0v) is 11.7. The first-order valence-corrected chi connectivity index (χ1v) is 6.18. The number of hydrogen-bond acceptors (Lipinski definition) is 4. The molecule has 2 N–H and O–H groups in total. The largest absolute Gasteiger partial charge is 0.455 e. The van der Waals surface area contributed by atoms with E-state index in [1.54, 1.807) is 18.7 Å². The van der Waals surface area contributed by atoms with E-state index in [4.69, 9.17) is 22.1 Å². The van der Waals surface area contributed by atoms with Crippen molar-refractivity contribution in [2.45, 2.75) is 13.5 Å². The third-order valence-electron chi connectivity index (χ3n) is 2.84. The normalized spacial score (nSPS) is 10.6. The molecule has 1 aromatic carbocycles. The van der Waals surface area contributed by atoms with E-state index in [1.807, 2.05) is 0 Å². The molecule has 0 aliphatic heterocycles. The number of nitrogen functional groups attached to an aromatic ring is 1. The standard InChI is InChI=1S/C13H13ClFN3O2/c1-7-12(14)11(18(2)17-7)6-20-13(19)9-4-3-8(15)5-10(9)16/h3-5H,6,16H2,1-2H3. The summed E-state index contributed by atoms with van der Waals surface area (Å²) in [5, 5.41) is 4.56. The second kappa shape index (κ2) is 5.50. The Balaban J connectivity index is 2.12. The fourth-order valence-electron chi connectivity index (χ4n) is 1.77. The number of aromatic nitrogens is 2. The summed E-state index contributed by atoms with van der Waals surface area (Å²) in [6, 6.07) is 3.50. The van der Waals surface area contributed by atoms with Gasteiger partial charge >= 0.3 is 5.97 Å². The van der Waals surface area contributed by atoms with Gasteiger partial charge < -0.3 is 10.5 Å². The number of esters is 1. The third kappa shape index (κ3) is 2.75. The van der Waals surface area contributed by atoms with E-state index in [1.165, 1.54) is 6.07 Å². The van der Waals surface area contributed by atoms with Crippen molar-refractivity contribution in [3.8, 4) is 0 Å². The van der Waals surface area contributed by atoms with Gasteiger partial charge in [-0.3, -0.25) is 4.68 Å². The van der Waals surface area contributed by atoms with Crippen LogP contribution < -0.4 is 5.73 Å². The van der Waals surface area contributed by atoms with Crippen molar-refractivity contribution in [3.63, 3.8) is 0 Å². The summed E-state index contributed by atoms with van der Waals surface area (Å²) in [6.45, 7) is 1.72. The molecule has 2 aromatic rings. The van der Waals surface area contributed by atoms with Crippen molar-refractivity contribution in [2.75, 3.05) is 5.73 Å².